The molecule has 0 saturated heterocycles. The molecule has 3 rings (SSSR count). The van der Waals surface area contributed by atoms with E-state index in [1.54, 1.807) is 0 Å². The summed E-state index contributed by atoms with van der Waals surface area (Å²) in [5.41, 5.74) is 1.41. The van der Waals surface area contributed by atoms with Gasteiger partial charge in [0, 0.05) is 0 Å². The molecule has 0 aliphatic heterocycles. The maximum atomic E-state index is 12.5. The topological polar surface area (TPSA) is 67.8 Å². The Hall–Kier alpha value is -1.77. The van der Waals surface area contributed by atoms with Crippen LogP contribution in [-0.2, 0) is 0 Å². The number of nitrogens with one attached hydrogen (secondary N) is 1. The summed E-state index contributed by atoms with van der Waals surface area (Å²) < 4.78 is 0.813. The first-order valence-electron chi connectivity index (χ1n) is 6.39. The number of thioether (sulfide) groups is 1. The molecule has 0 spiro atoms. The molecule has 8 heteroatoms. The fraction of sp³-hybridized carbons (Fsp3) is 0.143. The van der Waals surface area contributed by atoms with Crippen LogP contribution in [-0.4, -0.2) is 27.3 Å². The van der Waals surface area contributed by atoms with E-state index in [4.69, 9.17) is 0 Å². The number of amides is 1. The van der Waals surface area contributed by atoms with E-state index in [2.05, 4.69) is 20.5 Å². The molecule has 1 amide bonds. The van der Waals surface area contributed by atoms with E-state index in [0.29, 0.717) is 10.8 Å². The minimum Gasteiger partial charge on any atom is -0.295 e. The summed E-state index contributed by atoms with van der Waals surface area (Å²) in [6, 6.07) is 9.78. The van der Waals surface area contributed by atoms with Gasteiger partial charge in [-0.25, -0.2) is 4.98 Å². The zero-order valence-electron chi connectivity index (χ0n) is 11.9. The van der Waals surface area contributed by atoms with Crippen molar-refractivity contribution in [3.05, 3.63) is 41.0 Å². The third kappa shape index (κ3) is 3.18. The Morgan fingerprint density at radius 1 is 1.18 bits per heavy atom. The van der Waals surface area contributed by atoms with Crippen LogP contribution in [0.1, 0.15) is 15.5 Å². The highest BCUT2D eigenvalue weighted by Crippen LogP contribution is 2.31. The molecule has 0 atom stereocenters. The molecule has 1 N–H and O–H groups in total. The van der Waals surface area contributed by atoms with Crippen molar-refractivity contribution in [3.63, 3.8) is 0 Å². The Morgan fingerprint density at radius 2 is 1.95 bits per heavy atom. The number of aryl methyl sites for hydroxylation is 1. The van der Waals surface area contributed by atoms with Crippen LogP contribution in [0.3, 0.4) is 0 Å². The highest BCUT2D eigenvalue weighted by Gasteiger charge is 2.19. The molecule has 1 aromatic carbocycles. The largest absolute Gasteiger partial charge is 0.295 e. The molecule has 112 valence electrons. The third-order valence-corrected chi connectivity index (χ3v) is 5.62. The summed E-state index contributed by atoms with van der Waals surface area (Å²) in [6.07, 6.45) is 1.92. The number of rotatable bonds is 4. The van der Waals surface area contributed by atoms with E-state index in [1.165, 1.54) is 34.4 Å². The molecule has 0 fully saturated rings. The van der Waals surface area contributed by atoms with Crippen molar-refractivity contribution in [2.45, 2.75) is 11.3 Å². The van der Waals surface area contributed by atoms with Gasteiger partial charge in [-0.2, -0.15) is 0 Å². The summed E-state index contributed by atoms with van der Waals surface area (Å²) in [5.74, 6) is -0.257. The quantitative estimate of drug-likeness (QED) is 0.571. The lowest BCUT2D eigenvalue weighted by molar-refractivity contribution is 0.102. The third-order valence-electron chi connectivity index (χ3n) is 2.79. The van der Waals surface area contributed by atoms with Gasteiger partial charge in [0.1, 0.15) is 5.69 Å². The lowest BCUT2D eigenvalue weighted by atomic mass is 10.1. The average molecular weight is 348 g/mol. The van der Waals surface area contributed by atoms with Gasteiger partial charge in [-0.3, -0.25) is 10.1 Å². The summed E-state index contributed by atoms with van der Waals surface area (Å²) in [7, 11) is 0. The summed E-state index contributed by atoms with van der Waals surface area (Å²) in [5, 5.41) is 12.0. The Bertz CT molecular complexity index is 798. The summed E-state index contributed by atoms with van der Waals surface area (Å²) in [6.45, 7) is 1.89. The van der Waals surface area contributed by atoms with Crippen molar-refractivity contribution in [3.8, 4) is 10.4 Å². The van der Waals surface area contributed by atoms with Crippen LogP contribution in [0, 0.1) is 6.92 Å². The van der Waals surface area contributed by atoms with Gasteiger partial charge in [0.15, 0.2) is 4.34 Å². The number of nitrogens with zero attached hydrogens (tertiary/aromatic N) is 3. The summed E-state index contributed by atoms with van der Waals surface area (Å²) >= 11 is 4.35. The second-order valence-electron chi connectivity index (χ2n) is 4.31. The minimum atomic E-state index is -0.257. The molecule has 22 heavy (non-hydrogen) atoms. The second kappa shape index (κ2) is 6.55. The normalized spacial score (nSPS) is 10.6. The van der Waals surface area contributed by atoms with Crippen molar-refractivity contribution >= 4 is 45.5 Å². The van der Waals surface area contributed by atoms with Crippen molar-refractivity contribution in [2.24, 2.45) is 0 Å². The van der Waals surface area contributed by atoms with Crippen molar-refractivity contribution < 1.29 is 4.79 Å². The van der Waals surface area contributed by atoms with Crippen LogP contribution in [0.5, 0.6) is 0 Å². The lowest BCUT2D eigenvalue weighted by Crippen LogP contribution is -2.13. The molecule has 5 nitrogen and oxygen atoms in total. The molecule has 2 aromatic heterocycles. The van der Waals surface area contributed by atoms with Gasteiger partial charge < -0.3 is 0 Å². The fourth-order valence-electron chi connectivity index (χ4n) is 1.87. The molecular weight excluding hydrogens is 336 g/mol. The van der Waals surface area contributed by atoms with Gasteiger partial charge in [-0.05, 0) is 18.7 Å². The average Bonchev–Trinajstić information content (AvgIpc) is 3.14. The van der Waals surface area contributed by atoms with Gasteiger partial charge >= 0.3 is 0 Å². The second-order valence-corrected chi connectivity index (χ2v) is 7.54. The molecule has 0 aliphatic rings. The van der Waals surface area contributed by atoms with Gasteiger partial charge in [0.05, 0.1) is 9.88 Å². The number of carbonyl (C=O) groups is 1. The monoisotopic (exact) mass is 348 g/mol. The number of hydrogen-bond acceptors (Lipinski definition) is 7. The standard InChI is InChI=1S/C14H12N4OS3/c1-8-15-10(11(21-8)9-6-4-3-5-7-9)12(19)16-13-17-18-14(20-2)22-13/h3-7H,1-2H3,(H,16,17,19). The van der Waals surface area contributed by atoms with Gasteiger partial charge in [0.25, 0.3) is 5.91 Å². The lowest BCUT2D eigenvalue weighted by Gasteiger charge is -2.02. The van der Waals surface area contributed by atoms with E-state index in [-0.39, 0.29) is 5.91 Å². The maximum Gasteiger partial charge on any atom is 0.277 e. The van der Waals surface area contributed by atoms with Gasteiger partial charge in [0.2, 0.25) is 5.13 Å². The van der Waals surface area contributed by atoms with Crippen LogP contribution < -0.4 is 5.32 Å². The van der Waals surface area contributed by atoms with Gasteiger partial charge in [-0.1, -0.05) is 53.4 Å². The molecule has 0 radical (unpaired) electrons. The molecule has 0 bridgehead atoms. The first-order valence-corrected chi connectivity index (χ1v) is 9.25. The Morgan fingerprint density at radius 3 is 2.64 bits per heavy atom. The molecule has 3 aromatic rings. The van der Waals surface area contributed by atoms with E-state index in [1.807, 2.05) is 43.5 Å². The SMILES string of the molecule is CSc1nnc(NC(=O)c2nc(C)sc2-c2ccccc2)s1. The van der Waals surface area contributed by atoms with Crippen molar-refractivity contribution in [2.75, 3.05) is 11.6 Å². The van der Waals surface area contributed by atoms with Crippen LogP contribution in [0.4, 0.5) is 5.13 Å². The number of carbonyl (C=O) groups excluding carboxylic acids is 1. The number of benzene rings is 1. The zero-order chi connectivity index (χ0) is 15.5. The smallest absolute Gasteiger partial charge is 0.277 e. The van der Waals surface area contributed by atoms with E-state index >= 15 is 0 Å². The van der Waals surface area contributed by atoms with Crippen LogP contribution >= 0.6 is 34.4 Å². The number of thiazole rings is 1. The van der Waals surface area contributed by atoms with Crippen LogP contribution in [0.15, 0.2) is 34.7 Å². The Labute approximate surface area is 139 Å². The van der Waals surface area contributed by atoms with Crippen molar-refractivity contribution in [1.29, 1.82) is 0 Å². The molecule has 0 saturated carbocycles. The number of hydrogen-bond donors (Lipinski definition) is 1. The van der Waals surface area contributed by atoms with E-state index in [0.717, 1.165) is 19.8 Å². The molecule has 0 aliphatic carbocycles. The Kier molecular flexibility index (Phi) is 4.51. The number of anilines is 1. The first-order chi connectivity index (χ1) is 10.7. The van der Waals surface area contributed by atoms with E-state index in [9.17, 15) is 4.79 Å². The molecule has 0 unspecified atom stereocenters. The molecular formula is C14H12N4OS3. The van der Waals surface area contributed by atoms with E-state index < -0.39 is 0 Å². The maximum absolute atomic E-state index is 12.5. The highest BCUT2D eigenvalue weighted by atomic mass is 32.2. The predicted octanol–water partition coefficient (Wildman–Crippen LogP) is 3.94. The highest BCUT2D eigenvalue weighted by molar-refractivity contribution is 8.00. The predicted molar refractivity (Wildman–Crippen MR) is 91.9 cm³/mol. The van der Waals surface area contributed by atoms with Crippen LogP contribution in [0.25, 0.3) is 10.4 Å². The zero-order valence-corrected chi connectivity index (χ0v) is 14.3. The first kappa shape index (κ1) is 15.1. The number of aromatic nitrogens is 3. The van der Waals surface area contributed by atoms with Gasteiger partial charge in [-0.15, -0.1) is 21.5 Å². The Balaban J connectivity index is 1.89. The van der Waals surface area contributed by atoms with Crippen LogP contribution in [0.2, 0.25) is 0 Å². The molecule has 2 heterocycles. The summed E-state index contributed by atoms with van der Waals surface area (Å²) in [4.78, 5) is 17.7. The van der Waals surface area contributed by atoms with Crippen molar-refractivity contribution in [1.82, 2.24) is 15.2 Å². The fourth-order valence-corrected chi connectivity index (χ4v) is 3.95. The minimum absolute atomic E-state index is 0.257.